The number of hydrogen-bond acceptors (Lipinski definition) is 4. The lowest BCUT2D eigenvalue weighted by molar-refractivity contribution is 0.183. The van der Waals surface area contributed by atoms with Gasteiger partial charge in [-0.15, -0.1) is 11.3 Å². The van der Waals surface area contributed by atoms with E-state index in [0.717, 1.165) is 18.2 Å². The molecule has 0 aliphatic rings. The molecule has 14 heavy (non-hydrogen) atoms. The minimum atomic E-state index is 0.371. The van der Waals surface area contributed by atoms with Gasteiger partial charge < -0.3 is 9.64 Å². The molecule has 0 aliphatic carbocycles. The van der Waals surface area contributed by atoms with Crippen LogP contribution in [0.15, 0.2) is 5.38 Å². The predicted molar refractivity (Wildman–Crippen MR) is 61.2 cm³/mol. The third-order valence-electron chi connectivity index (χ3n) is 2.27. The number of anilines is 1. The zero-order valence-corrected chi connectivity index (χ0v) is 10.1. The topological polar surface area (TPSA) is 25.4 Å². The van der Waals surface area contributed by atoms with E-state index in [-0.39, 0.29) is 0 Å². The summed E-state index contributed by atoms with van der Waals surface area (Å²) in [5.41, 5.74) is 1.17. The van der Waals surface area contributed by atoms with Crippen molar-refractivity contribution in [1.82, 2.24) is 4.98 Å². The summed E-state index contributed by atoms with van der Waals surface area (Å²) in [5, 5.41) is 3.19. The number of hydrogen-bond donors (Lipinski definition) is 0. The Hall–Kier alpha value is -0.610. The van der Waals surface area contributed by atoms with Gasteiger partial charge in [-0.1, -0.05) is 6.92 Å². The van der Waals surface area contributed by atoms with Crippen LogP contribution in [0.25, 0.3) is 0 Å². The summed E-state index contributed by atoms with van der Waals surface area (Å²) in [6.07, 6.45) is 1.00. The fraction of sp³-hybridized carbons (Fsp3) is 0.700. The van der Waals surface area contributed by atoms with Crippen LogP contribution in [0, 0.1) is 0 Å². The summed E-state index contributed by atoms with van der Waals surface area (Å²) >= 11 is 1.70. The van der Waals surface area contributed by atoms with E-state index in [9.17, 15) is 0 Å². The first kappa shape index (κ1) is 11.5. The molecule has 0 aliphatic heterocycles. The average Bonchev–Trinajstić information content (AvgIpc) is 2.65. The Morgan fingerprint density at radius 3 is 2.86 bits per heavy atom. The standard InChI is InChI=1S/C10H18N2OS/c1-5-9-7-14-10(11-9)12(3)8(2)6-13-4/h7-8H,5-6H2,1-4H3/t8-/m1/s1. The first-order valence-electron chi connectivity index (χ1n) is 4.85. The second kappa shape index (κ2) is 5.32. The van der Waals surface area contributed by atoms with Crippen molar-refractivity contribution >= 4 is 16.5 Å². The van der Waals surface area contributed by atoms with E-state index in [4.69, 9.17) is 4.74 Å². The molecule has 0 fully saturated rings. The minimum Gasteiger partial charge on any atom is -0.383 e. The smallest absolute Gasteiger partial charge is 0.185 e. The van der Waals surface area contributed by atoms with E-state index in [1.807, 2.05) is 0 Å². The largest absolute Gasteiger partial charge is 0.383 e. The van der Waals surface area contributed by atoms with Gasteiger partial charge in [-0.25, -0.2) is 4.98 Å². The molecule has 1 atom stereocenters. The van der Waals surface area contributed by atoms with Gasteiger partial charge in [-0.3, -0.25) is 0 Å². The third-order valence-corrected chi connectivity index (χ3v) is 3.25. The van der Waals surface area contributed by atoms with Crippen LogP contribution in [0.4, 0.5) is 5.13 Å². The second-order valence-electron chi connectivity index (χ2n) is 3.39. The lowest BCUT2D eigenvalue weighted by Crippen LogP contribution is -2.32. The summed E-state index contributed by atoms with van der Waals surface area (Å²) in [5.74, 6) is 0. The van der Waals surface area contributed by atoms with Crippen LogP contribution in [0.2, 0.25) is 0 Å². The molecule has 0 aromatic carbocycles. The van der Waals surface area contributed by atoms with E-state index in [0.29, 0.717) is 6.04 Å². The summed E-state index contributed by atoms with van der Waals surface area (Å²) in [6, 6.07) is 0.371. The molecule has 1 aromatic rings. The average molecular weight is 214 g/mol. The van der Waals surface area contributed by atoms with Gasteiger partial charge in [0.15, 0.2) is 5.13 Å². The van der Waals surface area contributed by atoms with Crippen molar-refractivity contribution in [3.63, 3.8) is 0 Å². The Morgan fingerprint density at radius 2 is 2.36 bits per heavy atom. The Balaban J connectivity index is 2.63. The predicted octanol–water partition coefficient (Wildman–Crippen LogP) is 2.18. The van der Waals surface area contributed by atoms with Crippen LogP contribution in [-0.2, 0) is 11.2 Å². The maximum Gasteiger partial charge on any atom is 0.185 e. The van der Waals surface area contributed by atoms with Crippen molar-refractivity contribution in [2.24, 2.45) is 0 Å². The number of aryl methyl sites for hydroxylation is 1. The molecule has 1 rings (SSSR count). The molecule has 1 aromatic heterocycles. The zero-order chi connectivity index (χ0) is 10.6. The molecule has 0 saturated heterocycles. The van der Waals surface area contributed by atoms with E-state index >= 15 is 0 Å². The number of methoxy groups -OCH3 is 1. The molecule has 1 heterocycles. The van der Waals surface area contributed by atoms with Crippen LogP contribution >= 0.6 is 11.3 Å². The van der Waals surface area contributed by atoms with Crippen molar-refractivity contribution in [2.75, 3.05) is 25.7 Å². The number of likely N-dealkylation sites (N-methyl/N-ethyl adjacent to an activating group) is 1. The van der Waals surface area contributed by atoms with Gasteiger partial charge in [0.25, 0.3) is 0 Å². The quantitative estimate of drug-likeness (QED) is 0.751. The van der Waals surface area contributed by atoms with Gasteiger partial charge >= 0.3 is 0 Å². The molecular weight excluding hydrogens is 196 g/mol. The SMILES string of the molecule is CCc1csc(N(C)[C@H](C)COC)n1. The van der Waals surface area contributed by atoms with Gasteiger partial charge in [0.05, 0.1) is 18.3 Å². The molecular formula is C10H18N2OS. The lowest BCUT2D eigenvalue weighted by Gasteiger charge is -2.23. The highest BCUT2D eigenvalue weighted by Gasteiger charge is 2.12. The van der Waals surface area contributed by atoms with Gasteiger partial charge in [-0.05, 0) is 13.3 Å². The van der Waals surface area contributed by atoms with Crippen molar-refractivity contribution in [3.05, 3.63) is 11.1 Å². The molecule has 0 radical (unpaired) electrons. The first-order valence-corrected chi connectivity index (χ1v) is 5.73. The number of rotatable bonds is 5. The maximum atomic E-state index is 5.11. The molecule has 0 unspecified atom stereocenters. The molecule has 0 N–H and O–H groups in total. The summed E-state index contributed by atoms with van der Waals surface area (Å²) < 4.78 is 5.11. The molecule has 3 nitrogen and oxygen atoms in total. The van der Waals surface area contributed by atoms with Crippen molar-refractivity contribution in [2.45, 2.75) is 26.3 Å². The summed E-state index contributed by atoms with van der Waals surface area (Å²) in [6.45, 7) is 4.99. The van der Waals surface area contributed by atoms with Crippen LogP contribution in [-0.4, -0.2) is 31.8 Å². The van der Waals surface area contributed by atoms with Gasteiger partial charge in [0.1, 0.15) is 0 Å². The minimum absolute atomic E-state index is 0.371. The highest BCUT2D eigenvalue weighted by atomic mass is 32.1. The molecule has 0 spiro atoms. The van der Waals surface area contributed by atoms with E-state index in [2.05, 4.69) is 36.2 Å². The Labute approximate surface area is 89.7 Å². The van der Waals surface area contributed by atoms with Gasteiger partial charge in [-0.2, -0.15) is 0 Å². The van der Waals surface area contributed by atoms with Gasteiger partial charge in [0, 0.05) is 19.5 Å². The zero-order valence-electron chi connectivity index (χ0n) is 9.28. The van der Waals surface area contributed by atoms with Crippen LogP contribution in [0.3, 0.4) is 0 Å². The van der Waals surface area contributed by atoms with Crippen LogP contribution < -0.4 is 4.90 Å². The van der Waals surface area contributed by atoms with Crippen molar-refractivity contribution in [3.8, 4) is 0 Å². The van der Waals surface area contributed by atoms with E-state index in [1.54, 1.807) is 18.4 Å². The molecule has 0 saturated carbocycles. The van der Waals surface area contributed by atoms with Gasteiger partial charge in [0.2, 0.25) is 0 Å². The molecule has 4 heteroatoms. The lowest BCUT2D eigenvalue weighted by atomic mass is 10.3. The number of nitrogens with zero attached hydrogens (tertiary/aromatic N) is 2. The molecule has 80 valence electrons. The van der Waals surface area contributed by atoms with Crippen molar-refractivity contribution < 1.29 is 4.74 Å². The normalized spacial score (nSPS) is 12.9. The summed E-state index contributed by atoms with van der Waals surface area (Å²) in [4.78, 5) is 6.68. The van der Waals surface area contributed by atoms with Crippen LogP contribution in [0.1, 0.15) is 19.5 Å². The van der Waals surface area contributed by atoms with E-state index in [1.165, 1.54) is 5.69 Å². The first-order chi connectivity index (χ1) is 6.69. The second-order valence-corrected chi connectivity index (χ2v) is 4.23. The van der Waals surface area contributed by atoms with Crippen LogP contribution in [0.5, 0.6) is 0 Å². The number of ether oxygens (including phenoxy) is 1. The fourth-order valence-corrected chi connectivity index (χ4v) is 2.14. The number of thiazole rings is 1. The highest BCUT2D eigenvalue weighted by molar-refractivity contribution is 7.13. The Kier molecular flexibility index (Phi) is 4.35. The Morgan fingerprint density at radius 1 is 1.64 bits per heavy atom. The molecule has 0 amide bonds. The fourth-order valence-electron chi connectivity index (χ4n) is 1.16. The maximum absolute atomic E-state index is 5.11. The monoisotopic (exact) mass is 214 g/mol. The van der Waals surface area contributed by atoms with Crippen molar-refractivity contribution in [1.29, 1.82) is 0 Å². The van der Waals surface area contributed by atoms with E-state index < -0.39 is 0 Å². The highest BCUT2D eigenvalue weighted by Crippen LogP contribution is 2.21. The Bertz CT molecular complexity index is 275. The summed E-state index contributed by atoms with van der Waals surface area (Å²) in [7, 11) is 3.78. The third kappa shape index (κ3) is 2.69. The number of aromatic nitrogens is 1. The molecule has 0 bridgehead atoms.